The maximum atomic E-state index is 11.7. The van der Waals surface area contributed by atoms with Crippen molar-refractivity contribution in [2.75, 3.05) is 0 Å². The molecule has 258 valence electrons. The van der Waals surface area contributed by atoms with Crippen molar-refractivity contribution >= 4 is 5.91 Å². The highest BCUT2D eigenvalue weighted by Crippen LogP contribution is 2.27. The highest BCUT2D eigenvalue weighted by molar-refractivity contribution is 5.79. The van der Waals surface area contributed by atoms with Gasteiger partial charge in [-0.3, -0.25) is 4.79 Å². The zero-order valence-corrected chi connectivity index (χ0v) is 29.5. The average molecular weight is 610 g/mol. The van der Waals surface area contributed by atoms with Crippen molar-refractivity contribution < 1.29 is 15.0 Å². The molecule has 0 rings (SSSR count). The van der Waals surface area contributed by atoms with Crippen LogP contribution in [0, 0.1) is 0 Å². The van der Waals surface area contributed by atoms with Crippen LogP contribution >= 0.6 is 0 Å². The van der Waals surface area contributed by atoms with Crippen LogP contribution in [-0.4, -0.2) is 27.8 Å². The summed E-state index contributed by atoms with van der Waals surface area (Å²) in [4.78, 5) is 11.7. The quantitative estimate of drug-likeness (QED) is 0.0618. The number of hydrogen-bond acceptors (Lipinski definition) is 3. The Morgan fingerprint density at radius 2 is 0.628 bits per heavy atom. The van der Waals surface area contributed by atoms with Crippen molar-refractivity contribution in [2.45, 2.75) is 244 Å². The first-order valence-corrected chi connectivity index (χ1v) is 19.7. The number of aliphatic hydroxyl groups excluding tert-OH is 1. The molecule has 0 radical (unpaired) electrons. The Balaban J connectivity index is 3.73. The minimum Gasteiger partial charge on any atom is -0.387 e. The number of carbonyl (C=O) groups excluding carboxylic acids is 1. The first-order chi connectivity index (χ1) is 21.0. The highest BCUT2D eigenvalue weighted by atomic mass is 16.3. The van der Waals surface area contributed by atoms with E-state index in [1.807, 2.05) is 0 Å². The molecule has 0 fully saturated rings. The Morgan fingerprint density at radius 1 is 0.442 bits per heavy atom. The van der Waals surface area contributed by atoms with E-state index >= 15 is 0 Å². The number of aliphatic hydroxyl groups is 2. The molecule has 4 heteroatoms. The van der Waals surface area contributed by atoms with Crippen molar-refractivity contribution in [2.24, 2.45) is 5.73 Å². The van der Waals surface area contributed by atoms with Gasteiger partial charge in [0.15, 0.2) is 6.10 Å². The summed E-state index contributed by atoms with van der Waals surface area (Å²) in [6.45, 7) is 4.56. The van der Waals surface area contributed by atoms with Gasteiger partial charge in [0.05, 0.1) is 5.60 Å². The molecule has 4 nitrogen and oxygen atoms in total. The average Bonchev–Trinajstić information content (AvgIpc) is 3.00. The van der Waals surface area contributed by atoms with Crippen molar-refractivity contribution in [1.82, 2.24) is 0 Å². The second kappa shape index (κ2) is 32.8. The number of unbranched alkanes of at least 4 members (excludes halogenated alkanes) is 30. The van der Waals surface area contributed by atoms with E-state index in [2.05, 4.69) is 13.8 Å². The number of carbonyl (C=O) groups is 1. The zero-order valence-electron chi connectivity index (χ0n) is 29.5. The standard InChI is InChI=1S/C39H79NO3/c1-3-5-7-9-11-13-15-17-19-21-23-25-27-29-31-33-35-39(43,37(41)38(40)42)36-34-32-30-28-26-24-22-20-18-16-14-12-10-8-6-4-2/h37,41,43H,3-36H2,1-2H3,(H2,40,42). The number of hydrogen-bond donors (Lipinski definition) is 3. The lowest BCUT2D eigenvalue weighted by Gasteiger charge is -2.31. The number of rotatable bonds is 36. The highest BCUT2D eigenvalue weighted by Gasteiger charge is 2.38. The molecule has 1 amide bonds. The van der Waals surface area contributed by atoms with Gasteiger partial charge in [-0.05, 0) is 12.8 Å². The molecule has 0 aromatic rings. The zero-order chi connectivity index (χ0) is 31.7. The second-order valence-corrected chi connectivity index (χ2v) is 14.0. The van der Waals surface area contributed by atoms with Gasteiger partial charge in [0.25, 0.3) is 0 Å². The summed E-state index contributed by atoms with van der Waals surface area (Å²) in [5.41, 5.74) is 4.03. The van der Waals surface area contributed by atoms with Gasteiger partial charge < -0.3 is 15.9 Å². The maximum Gasteiger partial charge on any atom is 0.249 e. The summed E-state index contributed by atoms with van der Waals surface area (Å²) in [5.74, 6) is -0.796. The number of nitrogens with two attached hydrogens (primary N) is 1. The third kappa shape index (κ3) is 28.6. The van der Waals surface area contributed by atoms with E-state index in [-0.39, 0.29) is 0 Å². The minimum absolute atomic E-state index is 0.467. The molecule has 0 aliphatic heterocycles. The molecular weight excluding hydrogens is 530 g/mol. The smallest absolute Gasteiger partial charge is 0.249 e. The van der Waals surface area contributed by atoms with E-state index in [4.69, 9.17) is 5.73 Å². The van der Waals surface area contributed by atoms with Gasteiger partial charge in [-0.1, -0.05) is 219 Å². The predicted octanol–water partition coefficient (Wildman–Crippen LogP) is 11.9. The number of primary amides is 1. The maximum absolute atomic E-state index is 11.7. The predicted molar refractivity (Wildman–Crippen MR) is 188 cm³/mol. The summed E-state index contributed by atoms with van der Waals surface area (Å²) in [7, 11) is 0. The van der Waals surface area contributed by atoms with Crippen LogP contribution in [0.5, 0.6) is 0 Å². The third-order valence-corrected chi connectivity index (χ3v) is 9.70. The van der Waals surface area contributed by atoms with Gasteiger partial charge >= 0.3 is 0 Å². The molecule has 43 heavy (non-hydrogen) atoms. The summed E-state index contributed by atoms with van der Waals surface area (Å²) in [6.07, 6.45) is 41.3. The molecule has 1 unspecified atom stereocenters. The van der Waals surface area contributed by atoms with Gasteiger partial charge in [-0.2, -0.15) is 0 Å². The fourth-order valence-corrected chi connectivity index (χ4v) is 6.62. The fourth-order valence-electron chi connectivity index (χ4n) is 6.62. The topological polar surface area (TPSA) is 83.6 Å². The van der Waals surface area contributed by atoms with Crippen LogP contribution in [0.2, 0.25) is 0 Å². The molecule has 1 atom stereocenters. The van der Waals surface area contributed by atoms with Gasteiger partial charge in [0, 0.05) is 0 Å². The van der Waals surface area contributed by atoms with Crippen LogP contribution in [0.15, 0.2) is 0 Å². The Morgan fingerprint density at radius 3 is 0.814 bits per heavy atom. The van der Waals surface area contributed by atoms with Crippen LogP contribution in [-0.2, 0) is 4.79 Å². The fraction of sp³-hybridized carbons (Fsp3) is 0.974. The van der Waals surface area contributed by atoms with E-state index < -0.39 is 17.6 Å². The molecule has 0 bridgehead atoms. The molecule has 0 spiro atoms. The van der Waals surface area contributed by atoms with E-state index in [1.54, 1.807) is 0 Å². The molecule has 0 saturated carbocycles. The summed E-state index contributed by atoms with van der Waals surface area (Å²) in [5, 5.41) is 21.5. The SMILES string of the molecule is CCCCCCCCCCCCCCCCCCC(O)(CCCCCCCCCCCCCCCCCC)C(O)C(N)=O. The largest absolute Gasteiger partial charge is 0.387 e. The Bertz CT molecular complexity index is 531. The lowest BCUT2D eigenvalue weighted by Crippen LogP contribution is -2.49. The monoisotopic (exact) mass is 610 g/mol. The van der Waals surface area contributed by atoms with Crippen LogP contribution in [0.4, 0.5) is 0 Å². The molecule has 4 N–H and O–H groups in total. The summed E-state index contributed by atoms with van der Waals surface area (Å²) < 4.78 is 0. The van der Waals surface area contributed by atoms with Crippen LogP contribution < -0.4 is 5.73 Å². The van der Waals surface area contributed by atoms with Crippen molar-refractivity contribution in [3.63, 3.8) is 0 Å². The van der Waals surface area contributed by atoms with E-state index in [0.29, 0.717) is 12.8 Å². The number of amides is 1. The van der Waals surface area contributed by atoms with E-state index in [1.165, 1.54) is 180 Å². The van der Waals surface area contributed by atoms with Crippen molar-refractivity contribution in [1.29, 1.82) is 0 Å². The van der Waals surface area contributed by atoms with Gasteiger partial charge in [0.1, 0.15) is 0 Å². The Hall–Kier alpha value is -0.610. The minimum atomic E-state index is -1.46. The second-order valence-electron chi connectivity index (χ2n) is 14.0. The van der Waals surface area contributed by atoms with Crippen LogP contribution in [0.3, 0.4) is 0 Å². The first-order valence-electron chi connectivity index (χ1n) is 19.7. The van der Waals surface area contributed by atoms with Crippen molar-refractivity contribution in [3.8, 4) is 0 Å². The molecule has 0 aliphatic carbocycles. The molecule has 0 saturated heterocycles. The lowest BCUT2D eigenvalue weighted by molar-refractivity contribution is -0.145. The van der Waals surface area contributed by atoms with Crippen LogP contribution in [0.25, 0.3) is 0 Å². The molecule has 0 aromatic heterocycles. The normalized spacial score (nSPS) is 12.7. The Kier molecular flexibility index (Phi) is 32.3. The Labute approximate surface area is 270 Å². The lowest BCUT2D eigenvalue weighted by atomic mass is 9.84. The molecule has 0 aliphatic rings. The van der Waals surface area contributed by atoms with Gasteiger partial charge in [0.2, 0.25) is 5.91 Å². The van der Waals surface area contributed by atoms with Gasteiger partial charge in [-0.15, -0.1) is 0 Å². The van der Waals surface area contributed by atoms with E-state index in [9.17, 15) is 15.0 Å². The molecule has 0 heterocycles. The first kappa shape index (κ1) is 42.4. The summed E-state index contributed by atoms with van der Waals surface area (Å²) >= 11 is 0. The van der Waals surface area contributed by atoms with Crippen LogP contribution in [0.1, 0.15) is 232 Å². The molecule has 0 aromatic carbocycles. The third-order valence-electron chi connectivity index (χ3n) is 9.70. The van der Waals surface area contributed by atoms with E-state index in [0.717, 1.165) is 25.7 Å². The van der Waals surface area contributed by atoms with Gasteiger partial charge in [-0.25, -0.2) is 0 Å². The van der Waals surface area contributed by atoms with Crippen molar-refractivity contribution in [3.05, 3.63) is 0 Å². The molecular formula is C39H79NO3. The summed E-state index contributed by atoms with van der Waals surface area (Å²) in [6, 6.07) is 0.